The predicted molar refractivity (Wildman–Crippen MR) is 79.7 cm³/mol. The molecule has 3 N–H and O–H groups in total. The molecule has 1 aromatic rings. The molecule has 0 radical (unpaired) electrons. The lowest BCUT2D eigenvalue weighted by Gasteiger charge is -2.40. The highest BCUT2D eigenvalue weighted by Crippen LogP contribution is 2.34. The van der Waals surface area contributed by atoms with Crippen LogP contribution in [0.4, 0.5) is 0 Å². The summed E-state index contributed by atoms with van der Waals surface area (Å²) in [5.41, 5.74) is 6.22. The van der Waals surface area contributed by atoms with E-state index in [1.807, 2.05) is 24.0 Å². The van der Waals surface area contributed by atoms with Gasteiger partial charge in [-0.05, 0) is 25.5 Å². The van der Waals surface area contributed by atoms with E-state index in [9.17, 15) is 9.59 Å². The lowest BCUT2D eigenvalue weighted by Crippen LogP contribution is -2.59. The predicted octanol–water partition coefficient (Wildman–Crippen LogP) is 1.53. The molecule has 1 fully saturated rings. The topological polar surface area (TPSA) is 75.4 Å². The number of nitrogens with zero attached hydrogens (tertiary/aromatic N) is 1. The molecule has 7 heteroatoms. The zero-order chi connectivity index (χ0) is 14.9. The number of nitrogens with one attached hydrogen (secondary N) is 1. The summed E-state index contributed by atoms with van der Waals surface area (Å²) in [5.74, 6) is -0.568. The second-order valence-electron chi connectivity index (χ2n) is 4.92. The van der Waals surface area contributed by atoms with Gasteiger partial charge in [-0.1, -0.05) is 18.5 Å². The number of rotatable bonds is 4. The van der Waals surface area contributed by atoms with Crippen molar-refractivity contribution >= 4 is 34.8 Å². The Kier molecular flexibility index (Phi) is 4.80. The number of halogens is 1. The van der Waals surface area contributed by atoms with Crippen LogP contribution in [0.2, 0.25) is 4.34 Å². The van der Waals surface area contributed by atoms with Crippen molar-refractivity contribution in [1.29, 1.82) is 0 Å². The largest absolute Gasteiger partial charge is 0.326 e. The van der Waals surface area contributed by atoms with Crippen molar-refractivity contribution < 1.29 is 9.59 Å². The highest BCUT2D eigenvalue weighted by Gasteiger charge is 2.38. The van der Waals surface area contributed by atoms with Crippen molar-refractivity contribution in [2.24, 2.45) is 5.73 Å². The average Bonchev–Trinajstić information content (AvgIpc) is 2.81. The lowest BCUT2D eigenvalue weighted by molar-refractivity contribution is -0.141. The molecule has 0 saturated carbocycles. The van der Waals surface area contributed by atoms with Gasteiger partial charge in [-0.2, -0.15) is 0 Å². The summed E-state index contributed by atoms with van der Waals surface area (Å²) < 4.78 is 0.675. The summed E-state index contributed by atoms with van der Waals surface area (Å²) in [6.07, 6.45) is 0.749. The molecular weight excluding hydrogens is 298 g/mol. The van der Waals surface area contributed by atoms with Crippen LogP contribution < -0.4 is 11.1 Å². The molecule has 1 saturated heterocycles. The maximum absolute atomic E-state index is 11.8. The van der Waals surface area contributed by atoms with Crippen molar-refractivity contribution in [2.75, 3.05) is 6.54 Å². The summed E-state index contributed by atoms with van der Waals surface area (Å²) in [6, 6.07) is 2.99. The van der Waals surface area contributed by atoms with Gasteiger partial charge in [-0.25, -0.2) is 0 Å². The summed E-state index contributed by atoms with van der Waals surface area (Å²) in [7, 11) is 0. The van der Waals surface area contributed by atoms with Crippen LogP contribution in [0.25, 0.3) is 0 Å². The zero-order valence-corrected chi connectivity index (χ0v) is 13.0. The Labute approximate surface area is 127 Å². The van der Waals surface area contributed by atoms with Gasteiger partial charge < -0.3 is 5.73 Å². The SMILES string of the molecule is CCC(N)C(c1ccc(Cl)s1)N1CC(=O)NC(=O)C1C. The maximum Gasteiger partial charge on any atom is 0.243 e. The average molecular weight is 316 g/mol. The molecule has 2 rings (SSSR count). The van der Waals surface area contributed by atoms with E-state index in [1.54, 1.807) is 6.92 Å². The van der Waals surface area contributed by atoms with Crippen molar-refractivity contribution in [2.45, 2.75) is 38.4 Å². The zero-order valence-electron chi connectivity index (χ0n) is 11.4. The summed E-state index contributed by atoms with van der Waals surface area (Å²) in [6.45, 7) is 3.94. The van der Waals surface area contributed by atoms with Crippen LogP contribution in [-0.2, 0) is 9.59 Å². The monoisotopic (exact) mass is 315 g/mol. The number of piperazine rings is 1. The van der Waals surface area contributed by atoms with Gasteiger partial charge in [-0.3, -0.25) is 19.8 Å². The molecule has 3 atom stereocenters. The molecule has 2 amide bonds. The van der Waals surface area contributed by atoms with Gasteiger partial charge in [0.05, 0.1) is 23.0 Å². The minimum absolute atomic E-state index is 0.161. The Balaban J connectivity index is 2.35. The quantitative estimate of drug-likeness (QED) is 0.826. The molecule has 0 bridgehead atoms. The fourth-order valence-electron chi connectivity index (χ4n) is 2.40. The highest BCUT2D eigenvalue weighted by atomic mass is 35.5. The Morgan fingerprint density at radius 3 is 2.80 bits per heavy atom. The van der Waals surface area contributed by atoms with Crippen LogP contribution in [0.5, 0.6) is 0 Å². The van der Waals surface area contributed by atoms with E-state index in [1.165, 1.54) is 11.3 Å². The second-order valence-corrected chi connectivity index (χ2v) is 6.67. The van der Waals surface area contributed by atoms with Crippen LogP contribution in [0.1, 0.15) is 31.2 Å². The van der Waals surface area contributed by atoms with Crippen LogP contribution in [0.3, 0.4) is 0 Å². The Morgan fingerprint density at radius 1 is 1.55 bits per heavy atom. The van der Waals surface area contributed by atoms with Crippen molar-refractivity contribution in [3.8, 4) is 0 Å². The van der Waals surface area contributed by atoms with E-state index in [-0.39, 0.29) is 30.4 Å². The van der Waals surface area contributed by atoms with E-state index < -0.39 is 6.04 Å². The number of amides is 2. The first kappa shape index (κ1) is 15.4. The van der Waals surface area contributed by atoms with Gasteiger partial charge in [0.1, 0.15) is 0 Å². The van der Waals surface area contributed by atoms with Crippen molar-refractivity contribution in [3.63, 3.8) is 0 Å². The van der Waals surface area contributed by atoms with Gasteiger partial charge in [0.2, 0.25) is 11.8 Å². The summed E-state index contributed by atoms with van der Waals surface area (Å²) in [5, 5.41) is 2.34. The first-order valence-electron chi connectivity index (χ1n) is 6.54. The Bertz CT molecular complexity index is 519. The second kappa shape index (κ2) is 6.22. The number of imide groups is 1. The molecular formula is C13H18ClN3O2S. The third-order valence-corrected chi connectivity index (χ3v) is 4.89. The van der Waals surface area contributed by atoms with Crippen molar-refractivity contribution in [3.05, 3.63) is 21.3 Å². The molecule has 0 spiro atoms. The highest BCUT2D eigenvalue weighted by molar-refractivity contribution is 7.16. The minimum Gasteiger partial charge on any atom is -0.326 e. The molecule has 2 heterocycles. The standard InChI is InChI=1S/C13H18ClN3O2S/c1-3-8(15)12(9-4-5-10(14)20-9)17-6-11(18)16-13(19)7(17)2/h4-5,7-8,12H,3,6,15H2,1-2H3,(H,16,18,19). The number of nitrogens with two attached hydrogens (primary N) is 1. The fourth-order valence-corrected chi connectivity index (χ4v) is 3.66. The molecule has 110 valence electrons. The molecule has 0 aliphatic carbocycles. The van der Waals surface area contributed by atoms with Crippen LogP contribution in [0.15, 0.2) is 12.1 Å². The molecule has 5 nitrogen and oxygen atoms in total. The van der Waals surface area contributed by atoms with Gasteiger partial charge in [0, 0.05) is 10.9 Å². The van der Waals surface area contributed by atoms with E-state index in [0.29, 0.717) is 4.34 Å². The third-order valence-electron chi connectivity index (χ3n) is 3.59. The third kappa shape index (κ3) is 3.03. The number of thiophene rings is 1. The van der Waals surface area contributed by atoms with Crippen LogP contribution in [0, 0.1) is 0 Å². The van der Waals surface area contributed by atoms with Crippen LogP contribution in [-0.4, -0.2) is 35.3 Å². The molecule has 1 aliphatic rings. The fraction of sp³-hybridized carbons (Fsp3) is 0.538. The first-order valence-corrected chi connectivity index (χ1v) is 7.73. The normalized spacial score (nSPS) is 23.5. The van der Waals surface area contributed by atoms with Gasteiger partial charge >= 0.3 is 0 Å². The van der Waals surface area contributed by atoms with Crippen molar-refractivity contribution in [1.82, 2.24) is 10.2 Å². The Morgan fingerprint density at radius 2 is 2.25 bits per heavy atom. The maximum atomic E-state index is 11.8. The Hall–Kier alpha value is -0.950. The first-order chi connectivity index (χ1) is 9.43. The van der Waals surface area contributed by atoms with E-state index in [2.05, 4.69) is 5.32 Å². The number of carbonyl (C=O) groups excluding carboxylic acids is 2. The van der Waals surface area contributed by atoms with E-state index in [0.717, 1.165) is 11.3 Å². The van der Waals surface area contributed by atoms with Gasteiger partial charge in [-0.15, -0.1) is 11.3 Å². The molecule has 1 aromatic heterocycles. The molecule has 0 aromatic carbocycles. The molecule has 1 aliphatic heterocycles. The van der Waals surface area contributed by atoms with E-state index in [4.69, 9.17) is 17.3 Å². The number of hydrogen-bond acceptors (Lipinski definition) is 5. The molecule has 3 unspecified atom stereocenters. The lowest BCUT2D eigenvalue weighted by atomic mass is 9.99. The smallest absolute Gasteiger partial charge is 0.243 e. The van der Waals surface area contributed by atoms with E-state index >= 15 is 0 Å². The number of carbonyl (C=O) groups is 2. The van der Waals surface area contributed by atoms with Crippen LogP contribution >= 0.6 is 22.9 Å². The number of hydrogen-bond donors (Lipinski definition) is 2. The summed E-state index contributed by atoms with van der Waals surface area (Å²) in [4.78, 5) is 26.3. The molecule has 20 heavy (non-hydrogen) atoms. The van der Waals surface area contributed by atoms with Gasteiger partial charge in [0.15, 0.2) is 0 Å². The minimum atomic E-state index is -0.392. The van der Waals surface area contributed by atoms with Gasteiger partial charge in [0.25, 0.3) is 0 Å². The summed E-state index contributed by atoms with van der Waals surface area (Å²) >= 11 is 7.44.